The van der Waals surface area contributed by atoms with Crippen molar-refractivity contribution in [3.05, 3.63) is 35.9 Å². The maximum atomic E-state index is 12.2. The Hall–Kier alpha value is -0.470. The lowest BCUT2D eigenvalue weighted by molar-refractivity contribution is -0.117. The first-order valence-electron chi connectivity index (χ1n) is 10.9. The highest BCUT2D eigenvalue weighted by Crippen LogP contribution is 2.35. The van der Waals surface area contributed by atoms with Crippen molar-refractivity contribution in [2.75, 3.05) is 12.0 Å². The van der Waals surface area contributed by atoms with Crippen LogP contribution in [0, 0.1) is 5.92 Å². The number of halogens is 1. The maximum Gasteiger partial charge on any atom is 0.143 e. The van der Waals surface area contributed by atoms with E-state index in [0.717, 1.165) is 12.0 Å². The van der Waals surface area contributed by atoms with Crippen molar-refractivity contribution in [2.24, 2.45) is 5.92 Å². The number of rotatable bonds is 17. The van der Waals surface area contributed by atoms with E-state index in [0.29, 0.717) is 18.0 Å². The van der Waals surface area contributed by atoms with E-state index in [9.17, 15) is 4.79 Å². The van der Waals surface area contributed by atoms with Crippen LogP contribution in [-0.2, 0) is 4.79 Å². The Labute approximate surface area is 177 Å². The number of ketones is 1. The number of hydrogen-bond donors (Lipinski definition) is 0. The van der Waals surface area contributed by atoms with Crippen LogP contribution in [0.3, 0.4) is 0 Å². The summed E-state index contributed by atoms with van der Waals surface area (Å²) in [6.07, 6.45) is 17.1. The van der Waals surface area contributed by atoms with Crippen molar-refractivity contribution >= 4 is 29.1 Å². The van der Waals surface area contributed by atoms with Gasteiger partial charge in [-0.15, -0.1) is 11.6 Å². The summed E-state index contributed by atoms with van der Waals surface area (Å²) in [5.74, 6) is 1.19. The minimum absolute atomic E-state index is 0.0597. The molecule has 0 aromatic heterocycles. The molecule has 0 fully saturated rings. The molecule has 27 heavy (non-hydrogen) atoms. The summed E-state index contributed by atoms with van der Waals surface area (Å²) in [7, 11) is 0. The molecular formula is C24H39ClOS. The van der Waals surface area contributed by atoms with Gasteiger partial charge in [-0.1, -0.05) is 101 Å². The van der Waals surface area contributed by atoms with Crippen LogP contribution in [0.25, 0.3) is 0 Å². The van der Waals surface area contributed by atoms with Crippen molar-refractivity contribution in [1.29, 1.82) is 0 Å². The predicted molar refractivity (Wildman–Crippen MR) is 123 cm³/mol. The van der Waals surface area contributed by atoms with Gasteiger partial charge in [-0.25, -0.2) is 0 Å². The molecule has 1 aromatic rings. The van der Waals surface area contributed by atoms with Crippen molar-refractivity contribution in [1.82, 2.24) is 0 Å². The van der Waals surface area contributed by atoms with Gasteiger partial charge in [-0.2, -0.15) is 11.8 Å². The number of carbonyl (C=O) groups is 1. The fourth-order valence-corrected chi connectivity index (χ4v) is 4.47. The fraction of sp³-hybridized carbons (Fsp3) is 0.708. The third-order valence-corrected chi connectivity index (χ3v) is 6.47. The van der Waals surface area contributed by atoms with Crippen LogP contribution in [0.15, 0.2) is 30.3 Å². The lowest BCUT2D eigenvalue weighted by Crippen LogP contribution is -2.15. The zero-order valence-electron chi connectivity index (χ0n) is 17.4. The van der Waals surface area contributed by atoms with Gasteiger partial charge in [0.2, 0.25) is 0 Å². The van der Waals surface area contributed by atoms with Crippen LogP contribution in [0.5, 0.6) is 0 Å². The molecular weight excluding hydrogens is 372 g/mol. The molecule has 1 nitrogen and oxygen atoms in total. The van der Waals surface area contributed by atoms with Gasteiger partial charge in [0.1, 0.15) is 5.78 Å². The molecule has 0 N–H and O–H groups in total. The molecule has 2 unspecified atom stereocenters. The molecule has 0 bridgehead atoms. The molecule has 1 rings (SSSR count). The van der Waals surface area contributed by atoms with Gasteiger partial charge < -0.3 is 0 Å². The zero-order chi connectivity index (χ0) is 19.7. The highest BCUT2D eigenvalue weighted by molar-refractivity contribution is 7.99. The van der Waals surface area contributed by atoms with Gasteiger partial charge in [-0.05, 0) is 24.2 Å². The summed E-state index contributed by atoms with van der Waals surface area (Å²) >= 11 is 8.39. The minimum atomic E-state index is -0.0597. The molecule has 0 heterocycles. The van der Waals surface area contributed by atoms with Crippen molar-refractivity contribution in [3.8, 4) is 0 Å². The monoisotopic (exact) mass is 410 g/mol. The number of alkyl halides is 1. The summed E-state index contributed by atoms with van der Waals surface area (Å²) in [4.78, 5) is 12.2. The molecule has 0 saturated carbocycles. The standard InChI is InChI=1S/C24H39ClOS/c1-3-4-5-6-7-8-9-10-11-13-18-22(19-23(26)20-27-2)24(25)21-16-14-12-15-17-21/h12,14-17,22,24H,3-11,13,18-20H2,1-2H3. The van der Waals surface area contributed by atoms with Crippen LogP contribution in [-0.4, -0.2) is 17.8 Å². The predicted octanol–water partition coefficient (Wildman–Crippen LogP) is 8.22. The molecule has 0 saturated heterocycles. The smallest absolute Gasteiger partial charge is 0.143 e. The number of Topliss-reactive ketones (excluding diaryl/α,β-unsaturated/α-hetero) is 1. The summed E-state index contributed by atoms with van der Waals surface area (Å²) < 4.78 is 0. The number of thioether (sulfide) groups is 1. The largest absolute Gasteiger partial charge is 0.299 e. The highest BCUT2D eigenvalue weighted by atomic mass is 35.5. The molecule has 1 aromatic carbocycles. The van der Waals surface area contributed by atoms with E-state index in [4.69, 9.17) is 11.6 Å². The molecule has 0 aliphatic heterocycles. The molecule has 0 spiro atoms. The number of hydrogen-bond acceptors (Lipinski definition) is 2. The third kappa shape index (κ3) is 11.9. The second-order valence-corrected chi connectivity index (χ2v) is 9.06. The lowest BCUT2D eigenvalue weighted by atomic mass is 9.89. The average Bonchev–Trinajstić information content (AvgIpc) is 2.69. The Bertz CT molecular complexity index is 477. The van der Waals surface area contributed by atoms with E-state index in [-0.39, 0.29) is 11.3 Å². The van der Waals surface area contributed by atoms with Crippen LogP contribution >= 0.6 is 23.4 Å². The van der Waals surface area contributed by atoms with E-state index in [2.05, 4.69) is 19.1 Å². The van der Waals surface area contributed by atoms with E-state index in [1.54, 1.807) is 11.8 Å². The Morgan fingerprint density at radius 1 is 0.926 bits per heavy atom. The van der Waals surface area contributed by atoms with Gasteiger partial charge in [0.15, 0.2) is 0 Å². The van der Waals surface area contributed by atoms with Crippen LogP contribution < -0.4 is 0 Å². The second kappa shape index (κ2) is 16.5. The Kier molecular flexibility index (Phi) is 15.0. The van der Waals surface area contributed by atoms with Gasteiger partial charge in [0.25, 0.3) is 0 Å². The lowest BCUT2D eigenvalue weighted by Gasteiger charge is -2.22. The number of carbonyl (C=O) groups excluding carboxylic acids is 1. The van der Waals surface area contributed by atoms with E-state index in [1.165, 1.54) is 64.2 Å². The Balaban J connectivity index is 2.31. The SMILES string of the molecule is CCCCCCCCCCCCC(CC(=O)CSC)C(Cl)c1ccccc1. The topological polar surface area (TPSA) is 17.1 Å². The summed E-state index contributed by atoms with van der Waals surface area (Å²) in [5, 5.41) is -0.0597. The summed E-state index contributed by atoms with van der Waals surface area (Å²) in [6.45, 7) is 2.27. The van der Waals surface area contributed by atoms with Gasteiger partial charge in [0, 0.05) is 6.42 Å². The Morgan fingerprint density at radius 2 is 1.48 bits per heavy atom. The Morgan fingerprint density at radius 3 is 2.04 bits per heavy atom. The van der Waals surface area contributed by atoms with Crippen molar-refractivity contribution in [3.63, 3.8) is 0 Å². The first-order chi connectivity index (χ1) is 13.2. The van der Waals surface area contributed by atoms with Crippen molar-refractivity contribution in [2.45, 2.75) is 89.4 Å². The van der Waals surface area contributed by atoms with E-state index < -0.39 is 0 Å². The van der Waals surface area contributed by atoms with E-state index in [1.807, 2.05) is 24.5 Å². The van der Waals surface area contributed by atoms with Crippen molar-refractivity contribution < 1.29 is 4.79 Å². The average molecular weight is 411 g/mol. The molecule has 2 atom stereocenters. The van der Waals surface area contributed by atoms with Gasteiger partial charge >= 0.3 is 0 Å². The quantitative estimate of drug-likeness (QED) is 0.190. The molecule has 154 valence electrons. The third-order valence-electron chi connectivity index (χ3n) is 5.26. The van der Waals surface area contributed by atoms with Crippen LogP contribution in [0.4, 0.5) is 0 Å². The number of unbranched alkanes of at least 4 members (excludes halogenated alkanes) is 9. The fourth-order valence-electron chi connectivity index (χ4n) is 3.67. The van der Waals surface area contributed by atoms with Crippen LogP contribution in [0.2, 0.25) is 0 Å². The maximum absolute atomic E-state index is 12.2. The minimum Gasteiger partial charge on any atom is -0.299 e. The first kappa shape index (κ1) is 24.6. The number of benzene rings is 1. The normalized spacial score (nSPS) is 13.4. The van der Waals surface area contributed by atoms with Gasteiger partial charge in [0.05, 0.1) is 11.1 Å². The van der Waals surface area contributed by atoms with Gasteiger partial charge in [-0.3, -0.25) is 4.79 Å². The molecule has 0 radical (unpaired) electrons. The molecule has 0 aliphatic rings. The van der Waals surface area contributed by atoms with E-state index >= 15 is 0 Å². The summed E-state index contributed by atoms with van der Waals surface area (Å²) in [5.41, 5.74) is 1.15. The molecule has 0 amide bonds. The summed E-state index contributed by atoms with van der Waals surface area (Å²) in [6, 6.07) is 10.3. The molecule has 0 aliphatic carbocycles. The zero-order valence-corrected chi connectivity index (χ0v) is 19.0. The second-order valence-electron chi connectivity index (χ2n) is 7.72. The first-order valence-corrected chi connectivity index (χ1v) is 12.7. The van der Waals surface area contributed by atoms with Crippen LogP contribution in [0.1, 0.15) is 94.9 Å². The highest BCUT2D eigenvalue weighted by Gasteiger charge is 2.23. The molecule has 3 heteroatoms.